The second-order valence-corrected chi connectivity index (χ2v) is 6.13. The molecule has 0 aromatic carbocycles. The largest absolute Gasteiger partial charge is 0.461 e. The molecule has 1 aliphatic heterocycles. The number of esters is 1. The number of fused-ring (bicyclic) bond motifs is 2. The van der Waals surface area contributed by atoms with Gasteiger partial charge in [0.15, 0.2) is 0 Å². The van der Waals surface area contributed by atoms with Crippen molar-refractivity contribution >= 4 is 5.97 Å². The maximum Gasteiger partial charge on any atom is 0.310 e. The van der Waals surface area contributed by atoms with Crippen LogP contribution in [0.25, 0.3) is 0 Å². The topological polar surface area (TPSA) is 50.1 Å². The summed E-state index contributed by atoms with van der Waals surface area (Å²) in [6.07, 6.45) is 1.57. The van der Waals surface area contributed by atoms with Crippen LogP contribution < -0.4 is 0 Å². The molecule has 2 fully saturated rings. The Morgan fingerprint density at radius 1 is 1.35 bits per heavy atom. The second-order valence-electron chi connectivity index (χ2n) is 6.13. The number of nitrogens with zero attached hydrogens (tertiary/aromatic N) is 1. The van der Waals surface area contributed by atoms with Crippen molar-refractivity contribution in [2.24, 2.45) is 29.1 Å². The third-order valence-corrected chi connectivity index (χ3v) is 5.00. The van der Waals surface area contributed by atoms with Crippen LogP contribution in [0.15, 0.2) is 0 Å². The molecular weight excluding hydrogens is 214 g/mol. The molecule has 3 unspecified atom stereocenters. The van der Waals surface area contributed by atoms with Crippen molar-refractivity contribution in [1.82, 2.24) is 0 Å². The number of carbonyl (C=O) groups excluding carboxylic acids is 1. The van der Waals surface area contributed by atoms with E-state index in [1.165, 1.54) is 0 Å². The lowest BCUT2D eigenvalue weighted by atomic mass is 9.56. The molecule has 2 bridgehead atoms. The number of hydrogen-bond acceptors (Lipinski definition) is 3. The molecule has 1 heterocycles. The zero-order valence-electron chi connectivity index (χ0n) is 11.1. The van der Waals surface area contributed by atoms with Gasteiger partial charge < -0.3 is 4.74 Å². The smallest absolute Gasteiger partial charge is 0.310 e. The Kier molecular flexibility index (Phi) is 2.93. The van der Waals surface area contributed by atoms with E-state index in [4.69, 9.17) is 4.74 Å². The molecule has 3 nitrogen and oxygen atoms in total. The standard InChI is InChI=1S/C14H21NO2/c1-8(2)14(9(3)4)6-10(7-15)11-5-12(14)17-13(11)16/h8-12H,5-6H2,1-4H3. The molecule has 0 spiro atoms. The molecule has 1 saturated heterocycles. The summed E-state index contributed by atoms with van der Waals surface area (Å²) in [7, 11) is 0. The lowest BCUT2D eigenvalue weighted by molar-refractivity contribution is -0.149. The predicted octanol–water partition coefficient (Wildman–Crippen LogP) is 2.76. The normalized spacial score (nSPS) is 34.9. The Labute approximate surface area is 103 Å². The molecule has 0 aromatic rings. The van der Waals surface area contributed by atoms with Crippen LogP contribution in [-0.2, 0) is 9.53 Å². The summed E-state index contributed by atoms with van der Waals surface area (Å²) in [5.74, 6) is 0.372. The van der Waals surface area contributed by atoms with Gasteiger partial charge in [0.1, 0.15) is 6.10 Å². The molecule has 0 N–H and O–H groups in total. The summed E-state index contributed by atoms with van der Waals surface area (Å²) in [5.41, 5.74) is -0.0247. The van der Waals surface area contributed by atoms with Crippen molar-refractivity contribution < 1.29 is 9.53 Å². The fraction of sp³-hybridized carbons (Fsp3) is 0.857. The first-order valence-electron chi connectivity index (χ1n) is 6.53. The van der Waals surface area contributed by atoms with Gasteiger partial charge in [-0.3, -0.25) is 4.79 Å². The molecule has 0 amide bonds. The van der Waals surface area contributed by atoms with Gasteiger partial charge in [0.05, 0.1) is 17.9 Å². The van der Waals surface area contributed by atoms with E-state index >= 15 is 0 Å². The Morgan fingerprint density at radius 3 is 2.41 bits per heavy atom. The minimum Gasteiger partial charge on any atom is -0.461 e. The van der Waals surface area contributed by atoms with Crippen LogP contribution in [0.3, 0.4) is 0 Å². The molecule has 2 aliphatic rings. The van der Waals surface area contributed by atoms with E-state index in [9.17, 15) is 10.1 Å². The molecule has 17 heavy (non-hydrogen) atoms. The first-order valence-corrected chi connectivity index (χ1v) is 6.53. The Morgan fingerprint density at radius 2 is 1.94 bits per heavy atom. The van der Waals surface area contributed by atoms with Gasteiger partial charge in [0.25, 0.3) is 0 Å². The van der Waals surface area contributed by atoms with Crippen LogP contribution in [0.5, 0.6) is 0 Å². The minimum atomic E-state index is -0.171. The highest BCUT2D eigenvalue weighted by molar-refractivity contribution is 5.76. The second kappa shape index (κ2) is 4.01. The van der Waals surface area contributed by atoms with Crippen molar-refractivity contribution in [1.29, 1.82) is 5.26 Å². The van der Waals surface area contributed by atoms with Crippen LogP contribution in [0.4, 0.5) is 0 Å². The quantitative estimate of drug-likeness (QED) is 0.691. The summed E-state index contributed by atoms with van der Waals surface area (Å²) >= 11 is 0. The first kappa shape index (κ1) is 12.4. The zero-order valence-corrected chi connectivity index (χ0v) is 11.1. The highest BCUT2D eigenvalue weighted by Crippen LogP contribution is 2.56. The van der Waals surface area contributed by atoms with E-state index in [-0.39, 0.29) is 29.3 Å². The van der Waals surface area contributed by atoms with Gasteiger partial charge in [-0.25, -0.2) is 0 Å². The number of hydrogen-bond donors (Lipinski definition) is 0. The average Bonchev–Trinajstić information content (AvgIpc) is 2.57. The Hall–Kier alpha value is -1.04. The van der Waals surface area contributed by atoms with Gasteiger partial charge in [-0.15, -0.1) is 0 Å². The van der Waals surface area contributed by atoms with E-state index in [1.807, 2.05) is 0 Å². The maximum absolute atomic E-state index is 11.8. The lowest BCUT2D eigenvalue weighted by Crippen LogP contribution is -2.48. The Bertz CT molecular complexity index is 359. The average molecular weight is 235 g/mol. The molecule has 1 aliphatic carbocycles. The van der Waals surface area contributed by atoms with Crippen molar-refractivity contribution in [3.05, 3.63) is 0 Å². The summed E-state index contributed by atoms with van der Waals surface area (Å²) in [6.45, 7) is 8.73. The molecule has 1 saturated carbocycles. The fourth-order valence-corrected chi connectivity index (χ4v) is 3.93. The van der Waals surface area contributed by atoms with Crippen molar-refractivity contribution in [2.75, 3.05) is 0 Å². The number of nitriles is 1. The van der Waals surface area contributed by atoms with Gasteiger partial charge in [-0.1, -0.05) is 27.7 Å². The highest BCUT2D eigenvalue weighted by Gasteiger charge is 2.58. The number of carbonyl (C=O) groups is 1. The van der Waals surface area contributed by atoms with Crippen LogP contribution in [0, 0.1) is 40.4 Å². The highest BCUT2D eigenvalue weighted by atomic mass is 16.6. The summed E-state index contributed by atoms with van der Waals surface area (Å²) in [5, 5.41) is 9.27. The van der Waals surface area contributed by atoms with Crippen molar-refractivity contribution in [2.45, 2.75) is 46.6 Å². The van der Waals surface area contributed by atoms with Crippen molar-refractivity contribution in [3.63, 3.8) is 0 Å². The fourth-order valence-electron chi connectivity index (χ4n) is 3.93. The minimum absolute atomic E-state index is 0.0181. The molecular formula is C14H21NO2. The molecule has 94 valence electrons. The first-order chi connectivity index (χ1) is 7.93. The van der Waals surface area contributed by atoms with E-state index in [0.717, 1.165) is 12.8 Å². The van der Waals surface area contributed by atoms with Gasteiger partial charge in [-0.05, 0) is 24.7 Å². The maximum atomic E-state index is 11.8. The molecule has 0 radical (unpaired) electrons. The summed E-state index contributed by atoms with van der Waals surface area (Å²) in [6, 6.07) is 2.33. The van der Waals surface area contributed by atoms with Crippen molar-refractivity contribution in [3.8, 4) is 6.07 Å². The predicted molar refractivity (Wildman–Crippen MR) is 63.8 cm³/mol. The molecule has 2 rings (SSSR count). The number of rotatable bonds is 2. The molecule has 3 atom stereocenters. The Balaban J connectivity index is 2.42. The van der Waals surface area contributed by atoms with Crippen LogP contribution >= 0.6 is 0 Å². The third kappa shape index (κ3) is 1.57. The van der Waals surface area contributed by atoms with E-state index in [2.05, 4.69) is 33.8 Å². The van der Waals surface area contributed by atoms with Gasteiger partial charge in [-0.2, -0.15) is 5.26 Å². The summed E-state index contributed by atoms with van der Waals surface area (Å²) < 4.78 is 5.57. The summed E-state index contributed by atoms with van der Waals surface area (Å²) in [4.78, 5) is 11.8. The number of ether oxygens (including phenoxy) is 1. The van der Waals surface area contributed by atoms with Crippen LogP contribution in [0.1, 0.15) is 40.5 Å². The van der Waals surface area contributed by atoms with Gasteiger partial charge in [0, 0.05) is 5.41 Å². The molecule has 3 heteroatoms. The van der Waals surface area contributed by atoms with Crippen LogP contribution in [0.2, 0.25) is 0 Å². The van der Waals surface area contributed by atoms with Crippen LogP contribution in [-0.4, -0.2) is 12.1 Å². The zero-order chi connectivity index (χ0) is 12.8. The van der Waals surface area contributed by atoms with E-state index in [0.29, 0.717) is 11.8 Å². The lowest BCUT2D eigenvalue weighted by Gasteiger charge is -2.48. The monoisotopic (exact) mass is 235 g/mol. The van der Waals surface area contributed by atoms with E-state index in [1.54, 1.807) is 0 Å². The SMILES string of the molecule is CC(C)C1(C(C)C)CC(C#N)C2CC1OC2=O. The van der Waals surface area contributed by atoms with E-state index < -0.39 is 0 Å². The van der Waals surface area contributed by atoms with Gasteiger partial charge in [0.2, 0.25) is 0 Å². The molecule has 0 aromatic heterocycles. The third-order valence-electron chi connectivity index (χ3n) is 5.00. The van der Waals surface area contributed by atoms with Gasteiger partial charge >= 0.3 is 5.97 Å².